The summed E-state index contributed by atoms with van der Waals surface area (Å²) in [6, 6.07) is 4.69. The second kappa shape index (κ2) is 7.03. The Balaban J connectivity index is 1.30. The van der Waals surface area contributed by atoms with Crippen LogP contribution in [0.2, 0.25) is 0 Å². The van der Waals surface area contributed by atoms with Crippen molar-refractivity contribution in [1.82, 2.24) is 20.1 Å². The number of hydrogen-bond donors (Lipinski definition) is 1. The Kier molecular flexibility index (Phi) is 4.62. The van der Waals surface area contributed by atoms with Gasteiger partial charge >= 0.3 is 0 Å². The number of rotatable bonds is 4. The number of carbonyl (C=O) groups is 1. The molecule has 6 nitrogen and oxygen atoms in total. The zero-order valence-electron chi connectivity index (χ0n) is 13.6. The van der Waals surface area contributed by atoms with E-state index in [-0.39, 0.29) is 18.1 Å². The van der Waals surface area contributed by atoms with Gasteiger partial charge in [-0.3, -0.25) is 4.79 Å². The quantitative estimate of drug-likeness (QED) is 0.923. The van der Waals surface area contributed by atoms with Gasteiger partial charge in [0.25, 0.3) is 5.91 Å². The van der Waals surface area contributed by atoms with E-state index in [9.17, 15) is 4.79 Å². The average Bonchev–Trinajstić information content (AvgIpc) is 3.35. The highest BCUT2D eigenvalue weighted by Gasteiger charge is 2.25. The zero-order valence-corrected chi connectivity index (χ0v) is 14.4. The molecule has 2 aromatic heterocycles. The van der Waals surface area contributed by atoms with Gasteiger partial charge in [-0.2, -0.15) is 0 Å². The number of nitrogens with zero attached hydrogens (tertiary/aromatic N) is 3. The lowest BCUT2D eigenvalue weighted by Crippen LogP contribution is -2.37. The highest BCUT2D eigenvalue weighted by molar-refractivity contribution is 7.14. The van der Waals surface area contributed by atoms with Crippen LogP contribution in [0, 0.1) is 0 Å². The summed E-state index contributed by atoms with van der Waals surface area (Å²) in [5.41, 5.74) is 0. The summed E-state index contributed by atoms with van der Waals surface area (Å²) in [7, 11) is 0. The topological polar surface area (TPSA) is 69.0 Å². The van der Waals surface area contributed by atoms with Crippen LogP contribution >= 0.6 is 11.3 Å². The summed E-state index contributed by atoms with van der Waals surface area (Å²) in [5, 5.41) is 10.9. The van der Waals surface area contributed by atoms with Gasteiger partial charge in [-0.25, -0.2) is 0 Å². The van der Waals surface area contributed by atoms with Crippen LogP contribution in [0.5, 0.6) is 0 Å². The molecule has 4 rings (SSSR count). The SMILES string of the molecule is O=C(NC1CCC(n2cnnc2)CC1)c1ccc([C@H]2CCCO2)s1. The normalized spacial score (nSPS) is 27.2. The Bertz CT molecular complexity index is 671. The molecule has 1 amide bonds. The molecule has 2 fully saturated rings. The summed E-state index contributed by atoms with van der Waals surface area (Å²) in [4.78, 5) is 14.5. The molecule has 2 aliphatic rings. The molecule has 1 saturated carbocycles. The summed E-state index contributed by atoms with van der Waals surface area (Å²) in [5.74, 6) is 0.0528. The van der Waals surface area contributed by atoms with Crippen LogP contribution in [0.15, 0.2) is 24.8 Å². The van der Waals surface area contributed by atoms with Gasteiger partial charge in [0.1, 0.15) is 12.7 Å². The molecule has 1 aliphatic carbocycles. The van der Waals surface area contributed by atoms with Crippen LogP contribution in [-0.2, 0) is 4.74 Å². The van der Waals surface area contributed by atoms with E-state index in [1.165, 1.54) is 4.88 Å². The van der Waals surface area contributed by atoms with Crippen LogP contribution in [0.1, 0.15) is 65.2 Å². The van der Waals surface area contributed by atoms with E-state index in [0.717, 1.165) is 50.0 Å². The van der Waals surface area contributed by atoms with E-state index < -0.39 is 0 Å². The standard InChI is InChI=1S/C17H22N4O2S/c22-17(16-8-7-15(24-16)14-2-1-9-23-14)20-12-3-5-13(6-4-12)21-10-18-19-11-21/h7-8,10-14H,1-6,9H2,(H,20,22)/t12?,13?,14-/m1/s1. The Labute approximate surface area is 145 Å². The van der Waals surface area contributed by atoms with E-state index >= 15 is 0 Å². The molecule has 0 bridgehead atoms. The first-order chi connectivity index (χ1) is 11.8. The third-order valence-corrected chi connectivity index (χ3v) is 6.16. The Morgan fingerprint density at radius 3 is 2.67 bits per heavy atom. The van der Waals surface area contributed by atoms with E-state index in [1.807, 2.05) is 12.1 Å². The largest absolute Gasteiger partial charge is 0.373 e. The number of thiophene rings is 1. The third-order valence-electron chi connectivity index (χ3n) is 4.99. The lowest BCUT2D eigenvalue weighted by Gasteiger charge is -2.29. The second-order valence-electron chi connectivity index (χ2n) is 6.59. The number of hydrogen-bond acceptors (Lipinski definition) is 5. The molecule has 1 aliphatic heterocycles. The first-order valence-electron chi connectivity index (χ1n) is 8.66. The molecule has 128 valence electrons. The third kappa shape index (κ3) is 3.37. The van der Waals surface area contributed by atoms with Gasteiger partial charge in [-0.05, 0) is 50.7 Å². The van der Waals surface area contributed by atoms with E-state index in [0.29, 0.717) is 6.04 Å². The van der Waals surface area contributed by atoms with Crippen LogP contribution in [-0.4, -0.2) is 33.3 Å². The van der Waals surface area contributed by atoms with Gasteiger partial charge in [0, 0.05) is 23.6 Å². The molecule has 24 heavy (non-hydrogen) atoms. The maximum Gasteiger partial charge on any atom is 0.261 e. The van der Waals surface area contributed by atoms with E-state index in [1.54, 1.807) is 24.0 Å². The lowest BCUT2D eigenvalue weighted by molar-refractivity contribution is 0.0926. The molecule has 1 atom stereocenters. The molecule has 1 saturated heterocycles. The number of amides is 1. The molecular weight excluding hydrogens is 324 g/mol. The zero-order chi connectivity index (χ0) is 16.4. The highest BCUT2D eigenvalue weighted by atomic mass is 32.1. The van der Waals surface area contributed by atoms with Crippen LogP contribution in [0.4, 0.5) is 0 Å². The maximum atomic E-state index is 12.5. The average molecular weight is 346 g/mol. The fraction of sp³-hybridized carbons (Fsp3) is 0.588. The first-order valence-corrected chi connectivity index (χ1v) is 9.47. The minimum Gasteiger partial charge on any atom is -0.373 e. The number of ether oxygens (including phenoxy) is 1. The predicted molar refractivity (Wildman–Crippen MR) is 91.0 cm³/mol. The van der Waals surface area contributed by atoms with Crippen molar-refractivity contribution >= 4 is 17.2 Å². The minimum absolute atomic E-state index is 0.0528. The highest BCUT2D eigenvalue weighted by Crippen LogP contribution is 2.33. The van der Waals surface area contributed by atoms with Gasteiger partial charge in [-0.15, -0.1) is 21.5 Å². The molecule has 7 heteroatoms. The first kappa shape index (κ1) is 15.8. The Morgan fingerprint density at radius 2 is 1.96 bits per heavy atom. The molecule has 0 unspecified atom stereocenters. The molecule has 1 N–H and O–H groups in total. The second-order valence-corrected chi connectivity index (χ2v) is 7.71. The van der Waals surface area contributed by atoms with Crippen molar-refractivity contribution in [2.45, 2.75) is 56.7 Å². The molecule has 2 aromatic rings. The van der Waals surface area contributed by atoms with E-state index in [4.69, 9.17) is 4.74 Å². The number of carbonyl (C=O) groups excluding carboxylic acids is 1. The summed E-state index contributed by atoms with van der Waals surface area (Å²) in [6.07, 6.45) is 10.0. The number of nitrogens with one attached hydrogen (secondary N) is 1. The van der Waals surface area contributed by atoms with Gasteiger partial charge < -0.3 is 14.6 Å². The molecule has 0 spiro atoms. The van der Waals surface area contributed by atoms with Crippen molar-refractivity contribution in [1.29, 1.82) is 0 Å². The Hall–Kier alpha value is -1.73. The maximum absolute atomic E-state index is 12.5. The molecule has 0 aromatic carbocycles. The van der Waals surface area contributed by atoms with Crippen molar-refractivity contribution in [3.63, 3.8) is 0 Å². The monoisotopic (exact) mass is 346 g/mol. The fourth-order valence-corrected chi connectivity index (χ4v) is 4.62. The fourth-order valence-electron chi connectivity index (χ4n) is 3.62. The minimum atomic E-state index is 0.0528. The van der Waals surface area contributed by atoms with Gasteiger partial charge in [0.2, 0.25) is 0 Å². The van der Waals surface area contributed by atoms with Gasteiger partial charge in [0.15, 0.2) is 0 Å². The van der Waals surface area contributed by atoms with Gasteiger partial charge in [-0.1, -0.05) is 0 Å². The smallest absolute Gasteiger partial charge is 0.261 e. The van der Waals surface area contributed by atoms with Crippen LogP contribution in [0.25, 0.3) is 0 Å². The Morgan fingerprint density at radius 1 is 1.17 bits per heavy atom. The predicted octanol–water partition coefficient (Wildman–Crippen LogP) is 3.10. The van der Waals surface area contributed by atoms with Crippen molar-refractivity contribution in [2.75, 3.05) is 6.61 Å². The van der Waals surface area contributed by atoms with Crippen molar-refractivity contribution in [3.8, 4) is 0 Å². The van der Waals surface area contributed by atoms with Crippen molar-refractivity contribution in [2.24, 2.45) is 0 Å². The van der Waals surface area contributed by atoms with Gasteiger partial charge in [0.05, 0.1) is 11.0 Å². The lowest BCUT2D eigenvalue weighted by atomic mass is 9.91. The van der Waals surface area contributed by atoms with Crippen LogP contribution in [0.3, 0.4) is 0 Å². The van der Waals surface area contributed by atoms with Crippen molar-refractivity contribution in [3.05, 3.63) is 34.5 Å². The molecular formula is C17H22N4O2S. The summed E-state index contributed by atoms with van der Waals surface area (Å²) in [6.45, 7) is 0.833. The molecule has 0 radical (unpaired) electrons. The van der Waals surface area contributed by atoms with Crippen molar-refractivity contribution < 1.29 is 9.53 Å². The number of aromatic nitrogens is 3. The summed E-state index contributed by atoms with van der Waals surface area (Å²) >= 11 is 1.57. The van der Waals surface area contributed by atoms with E-state index in [2.05, 4.69) is 20.1 Å². The van der Waals surface area contributed by atoms with Crippen LogP contribution < -0.4 is 5.32 Å². The molecule has 3 heterocycles. The summed E-state index contributed by atoms with van der Waals surface area (Å²) < 4.78 is 7.77.